The summed E-state index contributed by atoms with van der Waals surface area (Å²) >= 11 is 3.82. The summed E-state index contributed by atoms with van der Waals surface area (Å²) in [5, 5.41) is 4.65. The maximum absolute atomic E-state index is 3.78. The number of rotatable bonds is 5. The van der Waals surface area contributed by atoms with Gasteiger partial charge in [0.25, 0.3) is 0 Å². The van der Waals surface area contributed by atoms with E-state index in [1.807, 2.05) is 11.8 Å². The van der Waals surface area contributed by atoms with Crippen molar-refractivity contribution < 1.29 is 0 Å². The summed E-state index contributed by atoms with van der Waals surface area (Å²) < 4.78 is 0. The molecule has 1 aromatic rings. The molecule has 100 valence electrons. The van der Waals surface area contributed by atoms with E-state index in [-0.39, 0.29) is 0 Å². The molecule has 0 saturated heterocycles. The lowest BCUT2D eigenvalue weighted by molar-refractivity contribution is 0.462. The van der Waals surface area contributed by atoms with Gasteiger partial charge in [0.05, 0.1) is 0 Å². The average Bonchev–Trinajstić information content (AvgIpc) is 2.86. The first-order valence-electron chi connectivity index (χ1n) is 6.65. The van der Waals surface area contributed by atoms with Crippen molar-refractivity contribution in [3.05, 3.63) is 29.8 Å². The van der Waals surface area contributed by atoms with Gasteiger partial charge in [0.2, 0.25) is 0 Å². The van der Waals surface area contributed by atoms with Crippen molar-refractivity contribution in [2.45, 2.75) is 48.4 Å². The molecule has 1 nitrogen and oxygen atoms in total. The van der Waals surface area contributed by atoms with Gasteiger partial charge in [-0.05, 0) is 56.4 Å². The van der Waals surface area contributed by atoms with E-state index in [0.717, 1.165) is 5.25 Å². The first kappa shape index (κ1) is 14.3. The highest BCUT2D eigenvalue weighted by Gasteiger charge is 2.24. The first-order valence-corrected chi connectivity index (χ1v) is 9.17. The quantitative estimate of drug-likeness (QED) is 0.806. The van der Waals surface area contributed by atoms with Crippen molar-refractivity contribution in [1.29, 1.82) is 0 Å². The van der Waals surface area contributed by atoms with Crippen molar-refractivity contribution in [1.82, 2.24) is 5.32 Å². The molecule has 0 spiro atoms. The Labute approximate surface area is 120 Å². The van der Waals surface area contributed by atoms with Crippen LogP contribution in [-0.2, 0) is 0 Å². The van der Waals surface area contributed by atoms with Gasteiger partial charge in [0.1, 0.15) is 0 Å². The Morgan fingerprint density at radius 1 is 1.17 bits per heavy atom. The van der Waals surface area contributed by atoms with Crippen LogP contribution in [0.4, 0.5) is 0 Å². The summed E-state index contributed by atoms with van der Waals surface area (Å²) in [4.78, 5) is 1.34. The van der Waals surface area contributed by atoms with Crippen molar-refractivity contribution in [3.8, 4) is 0 Å². The Kier molecular flexibility index (Phi) is 5.46. The molecule has 18 heavy (non-hydrogen) atoms. The summed E-state index contributed by atoms with van der Waals surface area (Å²) in [6.07, 6.45) is 8.39. The predicted octanol–water partition coefficient (Wildman–Crippen LogP) is 4.34. The summed E-state index contributed by atoms with van der Waals surface area (Å²) in [6.45, 7) is 2.28. The topological polar surface area (TPSA) is 12.0 Å². The highest BCUT2D eigenvalue weighted by atomic mass is 32.2. The van der Waals surface area contributed by atoms with Gasteiger partial charge in [0.15, 0.2) is 0 Å². The lowest BCUT2D eigenvalue weighted by Gasteiger charge is -2.20. The molecule has 2 rings (SSSR count). The molecule has 1 saturated carbocycles. The maximum atomic E-state index is 3.78. The van der Waals surface area contributed by atoms with Gasteiger partial charge < -0.3 is 5.32 Å². The molecule has 1 aliphatic rings. The van der Waals surface area contributed by atoms with E-state index in [9.17, 15) is 0 Å². The molecule has 3 atom stereocenters. The molecule has 0 amide bonds. The summed E-state index contributed by atoms with van der Waals surface area (Å²) in [5.74, 6) is 0. The second-order valence-electron chi connectivity index (χ2n) is 5.03. The number of nitrogens with one attached hydrogen (secondary N) is 1. The first-order chi connectivity index (χ1) is 8.72. The zero-order valence-electron chi connectivity index (χ0n) is 11.5. The smallest absolute Gasteiger partial charge is 0.0294 e. The van der Waals surface area contributed by atoms with Crippen LogP contribution >= 0.6 is 23.5 Å². The number of thioether (sulfide) groups is 2. The maximum Gasteiger partial charge on any atom is 0.0294 e. The number of benzene rings is 1. The molecular formula is C15H23NS2. The van der Waals surface area contributed by atoms with Gasteiger partial charge in [-0.1, -0.05) is 12.1 Å². The molecule has 0 aromatic heterocycles. The van der Waals surface area contributed by atoms with E-state index in [2.05, 4.69) is 49.0 Å². The SMILES string of the molecule is CSc1ccc(C(C)NC2CCC(SC)C2)cc1. The van der Waals surface area contributed by atoms with Crippen LogP contribution in [0.2, 0.25) is 0 Å². The van der Waals surface area contributed by atoms with Gasteiger partial charge in [-0.3, -0.25) is 0 Å². The molecule has 0 radical (unpaired) electrons. The van der Waals surface area contributed by atoms with Crippen LogP contribution < -0.4 is 5.32 Å². The summed E-state index contributed by atoms with van der Waals surface area (Å²) in [7, 11) is 0. The van der Waals surface area contributed by atoms with Gasteiger partial charge in [-0.15, -0.1) is 11.8 Å². The van der Waals surface area contributed by atoms with Gasteiger partial charge in [-0.25, -0.2) is 0 Å². The minimum Gasteiger partial charge on any atom is -0.307 e. The summed E-state index contributed by atoms with van der Waals surface area (Å²) in [5.41, 5.74) is 1.40. The van der Waals surface area contributed by atoms with Gasteiger partial charge in [-0.2, -0.15) is 11.8 Å². The Hall–Kier alpha value is -0.120. The van der Waals surface area contributed by atoms with Crippen LogP contribution in [-0.4, -0.2) is 23.8 Å². The van der Waals surface area contributed by atoms with Crippen LogP contribution in [0, 0.1) is 0 Å². The van der Waals surface area contributed by atoms with E-state index >= 15 is 0 Å². The number of hydrogen-bond donors (Lipinski definition) is 1. The van der Waals surface area contributed by atoms with Crippen LogP contribution in [0.15, 0.2) is 29.2 Å². The van der Waals surface area contributed by atoms with E-state index in [1.54, 1.807) is 11.8 Å². The Morgan fingerprint density at radius 2 is 1.89 bits per heavy atom. The average molecular weight is 281 g/mol. The minimum atomic E-state index is 0.464. The van der Waals surface area contributed by atoms with Gasteiger partial charge in [0, 0.05) is 22.2 Å². The van der Waals surface area contributed by atoms with E-state index in [4.69, 9.17) is 0 Å². The Bertz CT molecular complexity index is 363. The highest BCUT2D eigenvalue weighted by molar-refractivity contribution is 7.99. The monoisotopic (exact) mass is 281 g/mol. The van der Waals surface area contributed by atoms with E-state index in [0.29, 0.717) is 12.1 Å². The molecule has 1 aliphatic carbocycles. The highest BCUT2D eigenvalue weighted by Crippen LogP contribution is 2.30. The zero-order chi connectivity index (χ0) is 13.0. The lowest BCUT2D eigenvalue weighted by atomic mass is 10.1. The third-order valence-electron chi connectivity index (χ3n) is 3.82. The lowest BCUT2D eigenvalue weighted by Crippen LogP contribution is -2.29. The molecule has 3 heteroatoms. The zero-order valence-corrected chi connectivity index (χ0v) is 13.1. The van der Waals surface area contributed by atoms with E-state index in [1.165, 1.54) is 29.7 Å². The molecular weight excluding hydrogens is 258 g/mol. The van der Waals surface area contributed by atoms with Crippen molar-refractivity contribution >= 4 is 23.5 Å². The standard InChI is InChI=1S/C15H23NS2/c1-11(12-4-7-14(17-2)8-5-12)16-13-6-9-15(10-13)18-3/h4-5,7-8,11,13,15-16H,6,9-10H2,1-3H3. The fraction of sp³-hybridized carbons (Fsp3) is 0.600. The molecule has 0 heterocycles. The van der Waals surface area contributed by atoms with E-state index < -0.39 is 0 Å². The van der Waals surface area contributed by atoms with Crippen molar-refractivity contribution in [3.63, 3.8) is 0 Å². The third kappa shape index (κ3) is 3.69. The molecule has 1 fully saturated rings. The fourth-order valence-electron chi connectivity index (χ4n) is 2.65. The van der Waals surface area contributed by atoms with Crippen molar-refractivity contribution in [2.75, 3.05) is 12.5 Å². The van der Waals surface area contributed by atoms with Crippen LogP contribution in [0.25, 0.3) is 0 Å². The predicted molar refractivity (Wildman–Crippen MR) is 84.7 cm³/mol. The molecule has 1 aromatic carbocycles. The Morgan fingerprint density at radius 3 is 2.44 bits per heavy atom. The van der Waals surface area contributed by atoms with Gasteiger partial charge >= 0.3 is 0 Å². The molecule has 0 bridgehead atoms. The second-order valence-corrected chi connectivity index (χ2v) is 7.05. The molecule has 0 aliphatic heterocycles. The third-order valence-corrected chi connectivity index (χ3v) is 5.66. The minimum absolute atomic E-state index is 0.464. The summed E-state index contributed by atoms with van der Waals surface area (Å²) in [6, 6.07) is 10.1. The largest absolute Gasteiger partial charge is 0.307 e. The second kappa shape index (κ2) is 6.88. The van der Waals surface area contributed by atoms with Crippen LogP contribution in [0.1, 0.15) is 37.8 Å². The normalized spacial score (nSPS) is 25.3. The molecule has 1 N–H and O–H groups in total. The number of hydrogen-bond acceptors (Lipinski definition) is 3. The van der Waals surface area contributed by atoms with Crippen LogP contribution in [0.3, 0.4) is 0 Å². The van der Waals surface area contributed by atoms with Crippen LogP contribution in [0.5, 0.6) is 0 Å². The Balaban J connectivity index is 1.89. The molecule has 3 unspecified atom stereocenters. The fourth-order valence-corrected chi connectivity index (χ4v) is 3.85. The van der Waals surface area contributed by atoms with Crippen molar-refractivity contribution in [2.24, 2.45) is 0 Å².